The molecule has 1 aromatic heterocycles. The lowest BCUT2D eigenvalue weighted by molar-refractivity contribution is 0.580. The zero-order valence-electron chi connectivity index (χ0n) is 6.71. The SMILES string of the molecule is CC(C)(CBr)c1cnccn1. The van der Waals surface area contributed by atoms with E-state index in [1.165, 1.54) is 0 Å². The van der Waals surface area contributed by atoms with Crippen molar-refractivity contribution in [2.45, 2.75) is 19.3 Å². The molecule has 0 amide bonds. The fourth-order valence-corrected chi connectivity index (χ4v) is 1.00. The van der Waals surface area contributed by atoms with Crippen molar-refractivity contribution in [1.29, 1.82) is 0 Å². The van der Waals surface area contributed by atoms with Crippen LogP contribution in [0.4, 0.5) is 0 Å². The summed E-state index contributed by atoms with van der Waals surface area (Å²) in [5, 5.41) is 0.901. The van der Waals surface area contributed by atoms with Crippen molar-refractivity contribution < 1.29 is 0 Å². The highest BCUT2D eigenvalue weighted by atomic mass is 79.9. The third kappa shape index (κ3) is 1.99. The zero-order chi connectivity index (χ0) is 8.32. The molecule has 1 heterocycles. The van der Waals surface area contributed by atoms with Crippen molar-refractivity contribution in [3.63, 3.8) is 0 Å². The molecule has 0 aromatic carbocycles. The Kier molecular flexibility index (Phi) is 2.60. The Labute approximate surface area is 75.2 Å². The minimum absolute atomic E-state index is 0.0776. The van der Waals surface area contributed by atoms with E-state index in [0.717, 1.165) is 11.0 Å². The first-order valence-electron chi connectivity index (χ1n) is 3.49. The number of rotatable bonds is 2. The molecular formula is C8H11BrN2. The predicted octanol–water partition coefficient (Wildman–Crippen LogP) is 2.15. The normalized spacial score (nSPS) is 11.5. The first kappa shape index (κ1) is 8.65. The van der Waals surface area contributed by atoms with Crippen LogP contribution in [-0.2, 0) is 5.41 Å². The number of hydrogen-bond acceptors (Lipinski definition) is 2. The summed E-state index contributed by atoms with van der Waals surface area (Å²) in [6.45, 7) is 4.26. The third-order valence-corrected chi connectivity index (χ3v) is 2.99. The summed E-state index contributed by atoms with van der Waals surface area (Å²) in [6, 6.07) is 0. The lowest BCUT2D eigenvalue weighted by Crippen LogP contribution is -2.20. The topological polar surface area (TPSA) is 25.8 Å². The summed E-state index contributed by atoms with van der Waals surface area (Å²) in [5.41, 5.74) is 1.10. The fraction of sp³-hybridized carbons (Fsp3) is 0.500. The van der Waals surface area contributed by atoms with Crippen molar-refractivity contribution >= 4 is 15.9 Å². The molecule has 0 aliphatic rings. The first-order chi connectivity index (χ1) is 5.17. The van der Waals surface area contributed by atoms with E-state index in [9.17, 15) is 0 Å². The molecule has 0 aliphatic heterocycles. The fourth-order valence-electron chi connectivity index (χ4n) is 0.717. The van der Waals surface area contributed by atoms with Gasteiger partial charge in [-0.05, 0) is 0 Å². The molecule has 0 radical (unpaired) electrons. The van der Waals surface area contributed by atoms with Crippen LogP contribution >= 0.6 is 15.9 Å². The van der Waals surface area contributed by atoms with E-state index in [0.29, 0.717) is 0 Å². The third-order valence-electron chi connectivity index (χ3n) is 1.59. The highest BCUT2D eigenvalue weighted by molar-refractivity contribution is 9.09. The van der Waals surface area contributed by atoms with Gasteiger partial charge >= 0.3 is 0 Å². The lowest BCUT2D eigenvalue weighted by Gasteiger charge is -2.19. The maximum atomic E-state index is 4.23. The molecule has 0 atom stereocenters. The average molecular weight is 215 g/mol. The van der Waals surface area contributed by atoms with Crippen LogP contribution in [0.3, 0.4) is 0 Å². The standard InChI is InChI=1S/C8H11BrN2/c1-8(2,6-9)7-5-10-3-4-11-7/h3-5H,6H2,1-2H3. The molecule has 11 heavy (non-hydrogen) atoms. The van der Waals surface area contributed by atoms with Gasteiger partial charge in [0.15, 0.2) is 0 Å². The van der Waals surface area contributed by atoms with Crippen molar-refractivity contribution in [3.05, 3.63) is 24.3 Å². The van der Waals surface area contributed by atoms with E-state index in [2.05, 4.69) is 39.7 Å². The van der Waals surface area contributed by atoms with Crippen molar-refractivity contribution in [2.75, 3.05) is 5.33 Å². The molecule has 1 rings (SSSR count). The van der Waals surface area contributed by atoms with Gasteiger partial charge < -0.3 is 0 Å². The summed E-state index contributed by atoms with van der Waals surface area (Å²) in [5.74, 6) is 0. The van der Waals surface area contributed by atoms with E-state index < -0.39 is 0 Å². The van der Waals surface area contributed by atoms with Crippen LogP contribution in [0.5, 0.6) is 0 Å². The number of nitrogens with zero attached hydrogens (tertiary/aromatic N) is 2. The second kappa shape index (κ2) is 3.30. The predicted molar refractivity (Wildman–Crippen MR) is 48.9 cm³/mol. The van der Waals surface area contributed by atoms with Gasteiger partial charge in [-0.1, -0.05) is 29.8 Å². The van der Waals surface area contributed by atoms with Crippen LogP contribution in [0, 0.1) is 0 Å². The Hall–Kier alpha value is -0.440. The summed E-state index contributed by atoms with van der Waals surface area (Å²) in [6.07, 6.45) is 5.22. The summed E-state index contributed by atoms with van der Waals surface area (Å²) < 4.78 is 0. The molecule has 1 aromatic rings. The van der Waals surface area contributed by atoms with Crippen LogP contribution in [0.25, 0.3) is 0 Å². The van der Waals surface area contributed by atoms with Gasteiger partial charge in [-0.25, -0.2) is 0 Å². The Morgan fingerprint density at radius 2 is 2.18 bits per heavy atom. The monoisotopic (exact) mass is 214 g/mol. The van der Waals surface area contributed by atoms with Gasteiger partial charge in [0.05, 0.1) is 5.69 Å². The summed E-state index contributed by atoms with van der Waals surface area (Å²) in [4.78, 5) is 8.24. The van der Waals surface area contributed by atoms with E-state index in [4.69, 9.17) is 0 Å². The minimum Gasteiger partial charge on any atom is -0.261 e. The van der Waals surface area contributed by atoms with E-state index in [-0.39, 0.29) is 5.41 Å². The molecule has 60 valence electrons. The van der Waals surface area contributed by atoms with Crippen LogP contribution in [-0.4, -0.2) is 15.3 Å². The molecule has 0 bridgehead atoms. The molecule has 0 fully saturated rings. The maximum absolute atomic E-state index is 4.23. The molecule has 0 saturated carbocycles. The molecule has 3 heteroatoms. The highest BCUT2D eigenvalue weighted by Crippen LogP contribution is 2.21. The Bertz CT molecular complexity index is 221. The number of hydrogen-bond donors (Lipinski definition) is 0. The van der Waals surface area contributed by atoms with Crippen LogP contribution in [0.2, 0.25) is 0 Å². The quantitative estimate of drug-likeness (QED) is 0.706. The summed E-state index contributed by atoms with van der Waals surface area (Å²) >= 11 is 3.44. The molecular weight excluding hydrogens is 204 g/mol. The van der Waals surface area contributed by atoms with E-state index >= 15 is 0 Å². The van der Waals surface area contributed by atoms with Gasteiger partial charge in [0.1, 0.15) is 0 Å². The van der Waals surface area contributed by atoms with Gasteiger partial charge in [-0.15, -0.1) is 0 Å². The Morgan fingerprint density at radius 3 is 2.64 bits per heavy atom. The van der Waals surface area contributed by atoms with Crippen LogP contribution < -0.4 is 0 Å². The highest BCUT2D eigenvalue weighted by Gasteiger charge is 2.19. The molecule has 0 saturated heterocycles. The molecule has 2 nitrogen and oxygen atoms in total. The van der Waals surface area contributed by atoms with Gasteiger partial charge in [0.2, 0.25) is 0 Å². The van der Waals surface area contributed by atoms with Crippen molar-refractivity contribution in [2.24, 2.45) is 0 Å². The number of alkyl halides is 1. The van der Waals surface area contributed by atoms with Crippen molar-refractivity contribution in [3.8, 4) is 0 Å². The van der Waals surface area contributed by atoms with Gasteiger partial charge in [-0.3, -0.25) is 9.97 Å². The van der Waals surface area contributed by atoms with Crippen LogP contribution in [0.15, 0.2) is 18.6 Å². The van der Waals surface area contributed by atoms with Crippen LogP contribution in [0.1, 0.15) is 19.5 Å². The summed E-state index contributed by atoms with van der Waals surface area (Å²) in [7, 11) is 0. The molecule has 0 aliphatic carbocycles. The van der Waals surface area contributed by atoms with E-state index in [1.807, 2.05) is 0 Å². The minimum atomic E-state index is 0.0776. The first-order valence-corrected chi connectivity index (χ1v) is 4.61. The zero-order valence-corrected chi connectivity index (χ0v) is 8.30. The average Bonchev–Trinajstić information content (AvgIpc) is 2.06. The largest absolute Gasteiger partial charge is 0.261 e. The second-order valence-corrected chi connectivity index (χ2v) is 3.67. The number of aromatic nitrogens is 2. The molecule has 0 spiro atoms. The van der Waals surface area contributed by atoms with Gasteiger partial charge in [0.25, 0.3) is 0 Å². The molecule has 0 N–H and O–H groups in total. The Morgan fingerprint density at radius 1 is 1.45 bits per heavy atom. The van der Waals surface area contributed by atoms with Gasteiger partial charge in [0, 0.05) is 29.3 Å². The van der Waals surface area contributed by atoms with Gasteiger partial charge in [-0.2, -0.15) is 0 Å². The lowest BCUT2D eigenvalue weighted by atomic mass is 9.93. The van der Waals surface area contributed by atoms with E-state index in [1.54, 1.807) is 18.6 Å². The number of halogens is 1. The Balaban J connectivity index is 2.93. The van der Waals surface area contributed by atoms with Crippen molar-refractivity contribution in [1.82, 2.24) is 9.97 Å². The second-order valence-electron chi connectivity index (χ2n) is 3.11. The molecule has 0 unspecified atom stereocenters. The smallest absolute Gasteiger partial charge is 0.0651 e. The maximum Gasteiger partial charge on any atom is 0.0651 e.